The summed E-state index contributed by atoms with van der Waals surface area (Å²) >= 11 is 1.18. The molecule has 1 fully saturated rings. The van der Waals surface area contributed by atoms with Crippen molar-refractivity contribution < 1.29 is 32.3 Å². The predicted octanol–water partition coefficient (Wildman–Crippen LogP) is 4.24. The Hall–Kier alpha value is -3.25. The van der Waals surface area contributed by atoms with Crippen LogP contribution < -0.4 is 15.6 Å². The SMILES string of the molecule is CC(C)(C)c1ccc(C2CN(C(=O)NSCc3ccc(C(=O)NNC(=O)C(F)(F)F)cc3)CCO2)cc1. The number of nitrogens with zero attached hydrogens (tertiary/aromatic N) is 1. The van der Waals surface area contributed by atoms with Gasteiger partial charge in [-0.3, -0.25) is 25.2 Å². The Kier molecular flexibility index (Phi) is 9.08. The third kappa shape index (κ3) is 8.12. The Bertz CT molecular complexity index is 1100. The van der Waals surface area contributed by atoms with Crippen molar-refractivity contribution in [3.8, 4) is 0 Å². The van der Waals surface area contributed by atoms with Gasteiger partial charge in [0.2, 0.25) is 0 Å². The van der Waals surface area contributed by atoms with Gasteiger partial charge in [-0.2, -0.15) is 13.2 Å². The minimum atomic E-state index is -5.10. The topological polar surface area (TPSA) is 99.8 Å². The van der Waals surface area contributed by atoms with Gasteiger partial charge in [0.1, 0.15) is 6.10 Å². The number of hydrogen-bond donors (Lipinski definition) is 3. The number of benzene rings is 2. The first-order valence-electron chi connectivity index (χ1n) is 11.5. The maximum atomic E-state index is 12.7. The minimum Gasteiger partial charge on any atom is -0.370 e. The van der Waals surface area contributed by atoms with Crippen molar-refractivity contribution in [2.45, 2.75) is 44.2 Å². The van der Waals surface area contributed by atoms with Crippen molar-refractivity contribution in [1.82, 2.24) is 20.5 Å². The summed E-state index contributed by atoms with van der Waals surface area (Å²) in [6, 6.07) is 14.0. The molecule has 1 unspecified atom stereocenters. The molecule has 4 amide bonds. The van der Waals surface area contributed by atoms with E-state index < -0.39 is 18.0 Å². The van der Waals surface area contributed by atoms with Crippen LogP contribution in [0.25, 0.3) is 0 Å². The van der Waals surface area contributed by atoms with Crippen LogP contribution in [0.2, 0.25) is 0 Å². The zero-order valence-electron chi connectivity index (χ0n) is 20.6. The second-order valence-electron chi connectivity index (χ2n) is 9.48. The summed E-state index contributed by atoms with van der Waals surface area (Å²) in [7, 11) is 0. The Morgan fingerprint density at radius 1 is 1.00 bits per heavy atom. The summed E-state index contributed by atoms with van der Waals surface area (Å²) in [5, 5.41) is 0. The van der Waals surface area contributed by atoms with Crippen molar-refractivity contribution in [1.29, 1.82) is 0 Å². The van der Waals surface area contributed by atoms with E-state index in [1.807, 2.05) is 12.1 Å². The molecule has 8 nitrogen and oxygen atoms in total. The van der Waals surface area contributed by atoms with Crippen molar-refractivity contribution >= 4 is 29.8 Å². The molecule has 37 heavy (non-hydrogen) atoms. The number of carbonyl (C=O) groups excluding carboxylic acids is 3. The number of alkyl halides is 3. The van der Waals surface area contributed by atoms with E-state index in [9.17, 15) is 27.6 Å². The molecule has 0 aromatic heterocycles. The average molecular weight is 539 g/mol. The van der Waals surface area contributed by atoms with Gasteiger partial charge < -0.3 is 9.64 Å². The van der Waals surface area contributed by atoms with Gasteiger partial charge in [0.05, 0.1) is 13.2 Å². The van der Waals surface area contributed by atoms with E-state index in [0.29, 0.717) is 25.4 Å². The predicted molar refractivity (Wildman–Crippen MR) is 133 cm³/mol. The highest BCUT2D eigenvalue weighted by Gasteiger charge is 2.39. The molecule has 1 aliphatic heterocycles. The summed E-state index contributed by atoms with van der Waals surface area (Å²) < 4.78 is 45.3. The number of hydrogen-bond acceptors (Lipinski definition) is 5. The van der Waals surface area contributed by atoms with Crippen LogP contribution in [0.1, 0.15) is 53.9 Å². The summed E-state index contributed by atoms with van der Waals surface area (Å²) in [6.45, 7) is 7.77. The van der Waals surface area contributed by atoms with Gasteiger partial charge in [-0.15, -0.1) is 0 Å². The van der Waals surface area contributed by atoms with Crippen LogP contribution in [0.3, 0.4) is 0 Å². The zero-order valence-corrected chi connectivity index (χ0v) is 21.5. The molecule has 0 radical (unpaired) electrons. The molecule has 1 heterocycles. The highest BCUT2D eigenvalue weighted by molar-refractivity contribution is 7.97. The molecule has 0 saturated carbocycles. The van der Waals surface area contributed by atoms with Crippen LogP contribution in [-0.2, 0) is 20.7 Å². The molecule has 2 aromatic rings. The van der Waals surface area contributed by atoms with E-state index in [-0.39, 0.29) is 23.1 Å². The fourth-order valence-corrected chi connectivity index (χ4v) is 4.17. The number of halogens is 3. The average Bonchev–Trinajstić information content (AvgIpc) is 2.86. The number of carbonyl (C=O) groups is 3. The van der Waals surface area contributed by atoms with Crippen molar-refractivity contribution in [3.63, 3.8) is 0 Å². The molecule has 0 aliphatic carbocycles. The maximum absolute atomic E-state index is 12.7. The maximum Gasteiger partial charge on any atom is 0.472 e. The number of morpholine rings is 1. The molecule has 2 aromatic carbocycles. The van der Waals surface area contributed by atoms with Gasteiger partial charge in [-0.1, -0.05) is 57.2 Å². The number of amides is 4. The Balaban J connectivity index is 1.45. The van der Waals surface area contributed by atoms with Crippen LogP contribution in [0.4, 0.5) is 18.0 Å². The lowest BCUT2D eigenvalue weighted by atomic mass is 9.86. The Morgan fingerprint density at radius 3 is 2.24 bits per heavy atom. The summed E-state index contributed by atoms with van der Waals surface area (Å²) in [5.74, 6) is -2.75. The van der Waals surface area contributed by atoms with Crippen molar-refractivity contribution in [3.05, 3.63) is 70.8 Å². The van der Waals surface area contributed by atoms with Crippen LogP contribution in [0.15, 0.2) is 48.5 Å². The molecule has 12 heteroatoms. The molecule has 0 bridgehead atoms. The number of nitrogens with one attached hydrogen (secondary N) is 3. The fraction of sp³-hybridized carbons (Fsp3) is 0.400. The van der Waals surface area contributed by atoms with Crippen LogP contribution in [-0.4, -0.2) is 48.6 Å². The van der Waals surface area contributed by atoms with E-state index in [2.05, 4.69) is 37.6 Å². The molecular formula is C25H29F3N4O4S. The van der Waals surface area contributed by atoms with Crippen LogP contribution >= 0.6 is 11.9 Å². The summed E-state index contributed by atoms with van der Waals surface area (Å²) in [5.41, 5.74) is 6.14. The molecule has 0 spiro atoms. The molecule has 1 aliphatic rings. The second kappa shape index (κ2) is 11.9. The summed E-state index contributed by atoms with van der Waals surface area (Å²) in [6.07, 6.45) is -5.31. The van der Waals surface area contributed by atoms with Crippen molar-refractivity contribution in [2.24, 2.45) is 0 Å². The third-order valence-corrected chi connectivity index (χ3v) is 6.46. The quantitative estimate of drug-likeness (QED) is 0.391. The van der Waals surface area contributed by atoms with Gasteiger partial charge in [-0.05, 0) is 46.2 Å². The second-order valence-corrected chi connectivity index (χ2v) is 10.3. The Morgan fingerprint density at radius 2 is 1.65 bits per heavy atom. The van der Waals surface area contributed by atoms with Gasteiger partial charge in [0.15, 0.2) is 0 Å². The fourth-order valence-electron chi connectivity index (χ4n) is 3.49. The van der Waals surface area contributed by atoms with E-state index in [1.165, 1.54) is 35.1 Å². The molecule has 3 rings (SSSR count). The lowest BCUT2D eigenvalue weighted by Gasteiger charge is -2.33. The lowest BCUT2D eigenvalue weighted by molar-refractivity contribution is -0.174. The molecule has 1 saturated heterocycles. The Labute approximate surface area is 217 Å². The normalized spacial score (nSPS) is 16.2. The lowest BCUT2D eigenvalue weighted by Crippen LogP contribution is -2.47. The third-order valence-electron chi connectivity index (χ3n) is 5.66. The van der Waals surface area contributed by atoms with Crippen molar-refractivity contribution in [2.75, 3.05) is 19.7 Å². The largest absolute Gasteiger partial charge is 0.472 e. The van der Waals surface area contributed by atoms with Crippen LogP contribution in [0.5, 0.6) is 0 Å². The number of ether oxygens (including phenoxy) is 1. The van der Waals surface area contributed by atoms with Gasteiger partial charge in [-0.25, -0.2) is 4.79 Å². The first-order chi connectivity index (χ1) is 17.3. The number of urea groups is 1. The summed E-state index contributed by atoms with van der Waals surface area (Å²) in [4.78, 5) is 37.0. The zero-order chi connectivity index (χ0) is 27.2. The smallest absolute Gasteiger partial charge is 0.370 e. The van der Waals surface area contributed by atoms with E-state index in [0.717, 1.165) is 11.1 Å². The molecule has 200 valence electrons. The van der Waals surface area contributed by atoms with E-state index >= 15 is 0 Å². The highest BCUT2D eigenvalue weighted by Crippen LogP contribution is 2.27. The number of rotatable bonds is 5. The van der Waals surface area contributed by atoms with Crippen LogP contribution in [0, 0.1) is 0 Å². The molecular weight excluding hydrogens is 509 g/mol. The van der Waals surface area contributed by atoms with Gasteiger partial charge >= 0.3 is 18.1 Å². The first-order valence-corrected chi connectivity index (χ1v) is 12.5. The highest BCUT2D eigenvalue weighted by atomic mass is 32.2. The molecule has 1 atom stereocenters. The monoisotopic (exact) mass is 538 g/mol. The molecule has 3 N–H and O–H groups in total. The van der Waals surface area contributed by atoms with E-state index in [1.54, 1.807) is 22.5 Å². The van der Waals surface area contributed by atoms with Gasteiger partial charge in [0.25, 0.3) is 5.91 Å². The minimum absolute atomic E-state index is 0.0517. The first kappa shape index (κ1) is 28.3. The van der Waals surface area contributed by atoms with E-state index in [4.69, 9.17) is 4.74 Å². The number of hydrazine groups is 1. The standard InChI is InChI=1S/C25H29F3N4O4S/c1-24(2,3)19-10-8-17(9-11-19)20-14-32(12-13-36-20)23(35)31-37-15-16-4-6-18(7-5-16)21(33)29-30-22(34)25(26,27)28/h4-11,20H,12-15H2,1-3H3,(H,29,33)(H,30,34)(H,31,35). The van der Waals surface area contributed by atoms with Gasteiger partial charge in [0, 0.05) is 17.9 Å².